The highest BCUT2D eigenvalue weighted by Gasteiger charge is 2.28. The van der Waals surface area contributed by atoms with Crippen molar-refractivity contribution in [3.05, 3.63) is 71.6 Å². The first kappa shape index (κ1) is 21.8. The minimum Gasteiger partial charge on any atom is -0.393 e. The third-order valence-electron chi connectivity index (χ3n) is 6.40. The molecule has 34 heavy (non-hydrogen) atoms. The van der Waals surface area contributed by atoms with Gasteiger partial charge in [-0.05, 0) is 56.8 Å². The van der Waals surface area contributed by atoms with Gasteiger partial charge >= 0.3 is 0 Å². The maximum absolute atomic E-state index is 12.8. The van der Waals surface area contributed by atoms with Crippen LogP contribution >= 0.6 is 0 Å². The Balaban J connectivity index is 1.45. The van der Waals surface area contributed by atoms with Crippen molar-refractivity contribution < 1.29 is 9.90 Å². The molecule has 5 rings (SSSR count). The molecule has 1 saturated heterocycles. The van der Waals surface area contributed by atoms with Gasteiger partial charge in [-0.1, -0.05) is 0 Å². The number of fused-ring (bicyclic) bond motifs is 2. The fraction of sp³-hybridized carbons (Fsp3) is 0.280. The van der Waals surface area contributed by atoms with E-state index >= 15 is 0 Å². The van der Waals surface area contributed by atoms with Crippen molar-refractivity contribution in [2.45, 2.75) is 32.4 Å². The summed E-state index contributed by atoms with van der Waals surface area (Å²) in [5.74, 6) is 0.370. The van der Waals surface area contributed by atoms with E-state index in [9.17, 15) is 9.90 Å². The lowest BCUT2D eigenvalue weighted by Gasteiger charge is -2.31. The molecule has 0 atom stereocenters. The number of nitrogens with one attached hydrogen (secondary N) is 2. The van der Waals surface area contributed by atoms with Gasteiger partial charge in [0.05, 0.1) is 34.8 Å². The molecule has 5 heterocycles. The average Bonchev–Trinajstić information content (AvgIpc) is 3.49. The molecule has 3 N–H and O–H groups in total. The number of piperidine rings is 1. The van der Waals surface area contributed by atoms with Gasteiger partial charge in [0.25, 0.3) is 5.91 Å². The summed E-state index contributed by atoms with van der Waals surface area (Å²) < 4.78 is 1.79. The van der Waals surface area contributed by atoms with Crippen molar-refractivity contribution in [3.8, 4) is 11.3 Å². The maximum Gasteiger partial charge on any atom is 0.254 e. The summed E-state index contributed by atoms with van der Waals surface area (Å²) in [5.41, 5.74) is 5.67. The first-order chi connectivity index (χ1) is 16.5. The molecular formula is C25H27N7O2. The van der Waals surface area contributed by atoms with Crippen LogP contribution in [0.25, 0.3) is 16.8 Å². The van der Waals surface area contributed by atoms with Gasteiger partial charge in [-0.25, -0.2) is 9.51 Å². The third-order valence-corrected chi connectivity index (χ3v) is 6.40. The van der Waals surface area contributed by atoms with Crippen LogP contribution in [-0.2, 0) is 6.54 Å². The number of allylic oxidation sites excluding steroid dienone is 3. The molecule has 0 spiro atoms. The van der Waals surface area contributed by atoms with Gasteiger partial charge in [-0.2, -0.15) is 5.10 Å². The van der Waals surface area contributed by atoms with Crippen LogP contribution in [0.3, 0.4) is 0 Å². The molecule has 2 aliphatic rings. The molecule has 3 aromatic rings. The molecule has 0 aliphatic carbocycles. The number of aromatic nitrogens is 3. The van der Waals surface area contributed by atoms with E-state index in [1.807, 2.05) is 43.5 Å². The van der Waals surface area contributed by atoms with Crippen LogP contribution in [0, 0.1) is 0 Å². The zero-order chi connectivity index (χ0) is 23.7. The number of aliphatic hydroxyl groups excluding tert-OH is 1. The van der Waals surface area contributed by atoms with E-state index in [0.717, 1.165) is 54.0 Å². The number of amides is 1. The molecule has 0 unspecified atom stereocenters. The Morgan fingerprint density at radius 3 is 2.94 bits per heavy atom. The highest BCUT2D eigenvalue weighted by atomic mass is 16.3. The highest BCUT2D eigenvalue weighted by Crippen LogP contribution is 2.34. The van der Waals surface area contributed by atoms with E-state index in [1.54, 1.807) is 16.9 Å². The molecule has 1 amide bonds. The first-order valence-corrected chi connectivity index (χ1v) is 11.3. The Hall–Kier alpha value is -3.98. The topological polar surface area (TPSA) is 107 Å². The molecule has 0 radical (unpaired) electrons. The predicted molar refractivity (Wildman–Crippen MR) is 131 cm³/mol. The Bertz CT molecular complexity index is 1320. The molecular weight excluding hydrogens is 430 g/mol. The summed E-state index contributed by atoms with van der Waals surface area (Å²) in [4.78, 5) is 23.8. The number of hydrogen-bond acceptors (Lipinski definition) is 7. The summed E-state index contributed by atoms with van der Waals surface area (Å²) in [5, 5.41) is 20.2. The van der Waals surface area contributed by atoms with E-state index in [0.29, 0.717) is 23.6 Å². The number of pyridine rings is 1. The molecule has 1 fully saturated rings. The first-order valence-electron chi connectivity index (χ1n) is 11.3. The molecule has 0 saturated carbocycles. The van der Waals surface area contributed by atoms with Crippen molar-refractivity contribution >= 4 is 23.8 Å². The number of carbonyl (C=O) groups excluding carboxylic acids is 1. The van der Waals surface area contributed by atoms with Crippen LogP contribution in [0.1, 0.15) is 35.7 Å². The number of carbonyl (C=O) groups is 1. The van der Waals surface area contributed by atoms with Gasteiger partial charge in [0, 0.05) is 48.9 Å². The van der Waals surface area contributed by atoms with Crippen molar-refractivity contribution in [3.63, 3.8) is 0 Å². The zero-order valence-electron chi connectivity index (χ0n) is 19.0. The van der Waals surface area contributed by atoms with E-state index in [-0.39, 0.29) is 12.0 Å². The van der Waals surface area contributed by atoms with Gasteiger partial charge in [0.15, 0.2) is 0 Å². The minimum absolute atomic E-state index is 0.149. The van der Waals surface area contributed by atoms with Crippen LogP contribution in [0.5, 0.6) is 0 Å². The number of aliphatic imine (C=N–C) groups is 1. The smallest absolute Gasteiger partial charge is 0.254 e. The number of anilines is 1. The molecule has 174 valence electrons. The Morgan fingerprint density at radius 1 is 1.32 bits per heavy atom. The Kier molecular flexibility index (Phi) is 5.85. The second-order valence-corrected chi connectivity index (χ2v) is 8.50. The van der Waals surface area contributed by atoms with Crippen molar-refractivity contribution in [2.75, 3.05) is 18.4 Å². The number of hydrogen-bond donors (Lipinski definition) is 3. The third kappa shape index (κ3) is 4.06. The Morgan fingerprint density at radius 2 is 2.15 bits per heavy atom. The van der Waals surface area contributed by atoms with Crippen LogP contribution in [0.4, 0.5) is 5.69 Å². The van der Waals surface area contributed by atoms with Crippen LogP contribution in [0.2, 0.25) is 0 Å². The van der Waals surface area contributed by atoms with Crippen LogP contribution in [-0.4, -0.2) is 56.4 Å². The van der Waals surface area contributed by atoms with Gasteiger partial charge in [0.1, 0.15) is 5.82 Å². The second-order valence-electron chi connectivity index (χ2n) is 8.50. The van der Waals surface area contributed by atoms with Crippen molar-refractivity contribution in [1.29, 1.82) is 0 Å². The van der Waals surface area contributed by atoms with Crippen LogP contribution in [0.15, 0.2) is 65.5 Å². The fourth-order valence-corrected chi connectivity index (χ4v) is 4.51. The molecule has 2 aliphatic heterocycles. The van der Waals surface area contributed by atoms with Crippen molar-refractivity contribution in [1.82, 2.24) is 24.8 Å². The fourth-order valence-electron chi connectivity index (χ4n) is 4.51. The largest absolute Gasteiger partial charge is 0.393 e. The number of nitrogens with zero attached hydrogens (tertiary/aromatic N) is 5. The summed E-state index contributed by atoms with van der Waals surface area (Å²) in [6.45, 7) is 7.76. The standard InChI is InChI=1S/C25H27N7O2/c1-16(31-12-8-17(33)9-13-31)5-6-22(26-2)30-20-15-27-24(19-14-28-25(34)23(19)20)18-7-10-29-32-11-3-4-21(18)32/h3-7,10-11,15,17,30,33H,2,8-9,12-14H2,1H3,(H,28,34)/b16-5+,22-6+. The minimum atomic E-state index is -0.212. The summed E-state index contributed by atoms with van der Waals surface area (Å²) in [6, 6.07) is 5.82. The zero-order valence-corrected chi connectivity index (χ0v) is 19.0. The normalized spacial score (nSPS) is 17.1. The van der Waals surface area contributed by atoms with Gasteiger partial charge in [0.2, 0.25) is 0 Å². The number of aliphatic hydroxyl groups is 1. The molecule has 9 nitrogen and oxygen atoms in total. The number of rotatable bonds is 6. The maximum atomic E-state index is 12.8. The van der Waals surface area contributed by atoms with Crippen LogP contribution < -0.4 is 10.6 Å². The van der Waals surface area contributed by atoms with Gasteiger partial charge in [-0.15, -0.1) is 0 Å². The Labute approximate surface area is 197 Å². The summed E-state index contributed by atoms with van der Waals surface area (Å²) in [6.07, 6.45) is 10.4. The second kappa shape index (κ2) is 9.11. The lowest BCUT2D eigenvalue weighted by atomic mass is 10.0. The van der Waals surface area contributed by atoms with E-state index in [2.05, 4.69) is 32.3 Å². The quantitative estimate of drug-likeness (QED) is 0.388. The molecule has 9 heteroatoms. The number of likely N-dealkylation sites (tertiary alicyclic amines) is 1. The van der Waals surface area contributed by atoms with E-state index in [1.165, 1.54) is 0 Å². The molecule has 3 aromatic heterocycles. The van der Waals surface area contributed by atoms with E-state index in [4.69, 9.17) is 4.98 Å². The SMILES string of the molecule is C=N/C(=C\C=C(/C)N1CCC(O)CC1)Nc1cnc(-c2ccnn3cccc23)c2c1C(=O)NC2. The molecule has 0 bridgehead atoms. The van der Waals surface area contributed by atoms with E-state index < -0.39 is 0 Å². The monoisotopic (exact) mass is 457 g/mol. The predicted octanol–water partition coefficient (Wildman–Crippen LogP) is 2.95. The summed E-state index contributed by atoms with van der Waals surface area (Å²) >= 11 is 0. The molecule has 0 aromatic carbocycles. The average molecular weight is 458 g/mol. The summed E-state index contributed by atoms with van der Waals surface area (Å²) in [7, 11) is 0. The lowest BCUT2D eigenvalue weighted by molar-refractivity contribution is 0.0963. The highest BCUT2D eigenvalue weighted by molar-refractivity contribution is 6.05. The lowest BCUT2D eigenvalue weighted by Crippen LogP contribution is -2.34. The van der Waals surface area contributed by atoms with Gasteiger partial charge < -0.3 is 20.6 Å². The van der Waals surface area contributed by atoms with Crippen molar-refractivity contribution in [2.24, 2.45) is 4.99 Å². The van der Waals surface area contributed by atoms with Gasteiger partial charge in [-0.3, -0.25) is 9.78 Å².